The largest absolute Gasteiger partial charge is 0.484 e. The van der Waals surface area contributed by atoms with Crippen molar-refractivity contribution in [1.82, 2.24) is 4.90 Å². The number of alkyl halides is 3. The Balaban J connectivity index is 1.98. The summed E-state index contributed by atoms with van der Waals surface area (Å²) in [7, 11) is 0. The van der Waals surface area contributed by atoms with Gasteiger partial charge in [0.2, 0.25) is 0 Å². The molecule has 2 rings (SSSR count). The van der Waals surface area contributed by atoms with Crippen LogP contribution in [0.25, 0.3) is 0 Å². The zero-order valence-corrected chi connectivity index (χ0v) is 11.8. The number of hydrogen-bond acceptors (Lipinski definition) is 5. The second-order valence-corrected chi connectivity index (χ2v) is 4.63. The highest BCUT2D eigenvalue weighted by Gasteiger charge is 2.30. The number of aliphatic hydroxyl groups excluding tert-OH is 1. The molecule has 6 nitrogen and oxygen atoms in total. The van der Waals surface area contributed by atoms with Crippen LogP contribution in [0.4, 0.5) is 18.9 Å². The molecular formula is C14H13F3N2O4. The van der Waals surface area contributed by atoms with E-state index in [0.717, 1.165) is 11.0 Å². The van der Waals surface area contributed by atoms with Gasteiger partial charge in [-0.2, -0.15) is 13.2 Å². The number of β-amino-alcohol motifs (C(OH)–C–C–N with tert-alkyl or cyclic N) is 1. The Morgan fingerprint density at radius 3 is 2.39 bits per heavy atom. The highest BCUT2D eigenvalue weighted by atomic mass is 19.4. The molecule has 0 bridgehead atoms. The van der Waals surface area contributed by atoms with Crippen LogP contribution >= 0.6 is 0 Å². The lowest BCUT2D eigenvalue weighted by molar-refractivity contribution is -0.153. The number of aliphatic hydroxyl groups is 1. The molecule has 23 heavy (non-hydrogen) atoms. The molecule has 0 radical (unpaired) electrons. The van der Waals surface area contributed by atoms with Crippen LogP contribution in [0.15, 0.2) is 36.0 Å². The molecule has 0 saturated carbocycles. The number of benzene rings is 1. The van der Waals surface area contributed by atoms with E-state index in [1.54, 1.807) is 0 Å². The molecule has 124 valence electrons. The maximum atomic E-state index is 12.0. The second kappa shape index (κ2) is 6.69. The lowest BCUT2D eigenvalue weighted by Gasteiger charge is -2.13. The third kappa shape index (κ3) is 4.46. The lowest BCUT2D eigenvalue weighted by atomic mass is 10.3. The van der Waals surface area contributed by atoms with Crippen LogP contribution < -0.4 is 10.1 Å². The highest BCUT2D eigenvalue weighted by Crippen LogP contribution is 2.22. The van der Waals surface area contributed by atoms with Crippen molar-refractivity contribution in [3.63, 3.8) is 0 Å². The SMILES string of the molecule is O=C1C=C(Nc2ccc(OCC(F)(F)F)cc2)C(=O)N1CCO. The molecule has 1 aromatic rings. The Morgan fingerprint density at radius 2 is 1.83 bits per heavy atom. The second-order valence-electron chi connectivity index (χ2n) is 4.63. The Morgan fingerprint density at radius 1 is 1.17 bits per heavy atom. The number of carbonyl (C=O) groups is 2. The normalized spacial score (nSPS) is 15.0. The Labute approximate surface area is 129 Å². The van der Waals surface area contributed by atoms with Crippen LogP contribution in [0.1, 0.15) is 0 Å². The molecule has 0 spiro atoms. The topological polar surface area (TPSA) is 78.9 Å². The third-order valence-electron chi connectivity index (χ3n) is 2.87. The molecule has 0 aliphatic carbocycles. The predicted molar refractivity (Wildman–Crippen MR) is 73.5 cm³/mol. The van der Waals surface area contributed by atoms with Gasteiger partial charge in [-0.3, -0.25) is 14.5 Å². The van der Waals surface area contributed by atoms with Gasteiger partial charge in [-0.1, -0.05) is 0 Å². The molecule has 0 unspecified atom stereocenters. The first-order valence-electron chi connectivity index (χ1n) is 6.55. The first-order chi connectivity index (χ1) is 10.8. The van der Waals surface area contributed by atoms with Crippen LogP contribution in [0, 0.1) is 0 Å². The van der Waals surface area contributed by atoms with Crippen LogP contribution in [0.5, 0.6) is 5.75 Å². The smallest absolute Gasteiger partial charge is 0.422 e. The molecule has 2 amide bonds. The van der Waals surface area contributed by atoms with E-state index >= 15 is 0 Å². The number of imide groups is 1. The van der Waals surface area contributed by atoms with Crippen LogP contribution in [0.2, 0.25) is 0 Å². The van der Waals surface area contributed by atoms with Gasteiger partial charge >= 0.3 is 6.18 Å². The molecule has 1 heterocycles. The van der Waals surface area contributed by atoms with Crippen LogP contribution in [-0.4, -0.2) is 47.8 Å². The van der Waals surface area contributed by atoms with E-state index in [1.165, 1.54) is 24.3 Å². The summed E-state index contributed by atoms with van der Waals surface area (Å²) < 4.78 is 40.7. The molecule has 0 aromatic heterocycles. The third-order valence-corrected chi connectivity index (χ3v) is 2.87. The Bertz CT molecular complexity index is 626. The standard InChI is InChI=1S/C14H13F3N2O4/c15-14(16,17)8-23-10-3-1-9(2-4-10)18-11-7-12(21)19(5-6-20)13(11)22/h1-4,7,18,20H,5-6,8H2. The van der Waals surface area contributed by atoms with E-state index in [1.807, 2.05) is 0 Å². The van der Waals surface area contributed by atoms with Crippen LogP contribution in [0.3, 0.4) is 0 Å². The predicted octanol–water partition coefficient (Wildman–Crippen LogP) is 1.28. The monoisotopic (exact) mass is 330 g/mol. The Kier molecular flexibility index (Phi) is 4.89. The summed E-state index contributed by atoms with van der Waals surface area (Å²) in [6.07, 6.45) is -3.33. The van der Waals surface area contributed by atoms with E-state index in [9.17, 15) is 22.8 Å². The Hall–Kier alpha value is -2.55. The summed E-state index contributed by atoms with van der Waals surface area (Å²) in [5, 5.41) is 11.5. The molecule has 0 saturated heterocycles. The number of rotatable bonds is 6. The number of amides is 2. The maximum Gasteiger partial charge on any atom is 0.422 e. The van der Waals surface area contributed by atoms with Crippen molar-refractivity contribution in [1.29, 1.82) is 0 Å². The minimum absolute atomic E-state index is 0.0207. The van der Waals surface area contributed by atoms with Crippen molar-refractivity contribution in [2.75, 3.05) is 25.1 Å². The van der Waals surface area contributed by atoms with Gasteiger partial charge in [-0.25, -0.2) is 0 Å². The summed E-state index contributed by atoms with van der Waals surface area (Å²) >= 11 is 0. The number of anilines is 1. The van der Waals surface area contributed by atoms with Gasteiger partial charge in [0.1, 0.15) is 11.4 Å². The van der Waals surface area contributed by atoms with Gasteiger partial charge < -0.3 is 15.2 Å². The minimum Gasteiger partial charge on any atom is -0.484 e. The van der Waals surface area contributed by atoms with E-state index in [-0.39, 0.29) is 24.6 Å². The molecule has 1 aromatic carbocycles. The molecule has 1 aliphatic rings. The van der Waals surface area contributed by atoms with Crippen molar-refractivity contribution < 1.29 is 32.6 Å². The number of carbonyl (C=O) groups excluding carboxylic acids is 2. The zero-order valence-electron chi connectivity index (χ0n) is 11.8. The molecule has 2 N–H and O–H groups in total. The van der Waals surface area contributed by atoms with Crippen molar-refractivity contribution in [2.45, 2.75) is 6.18 Å². The number of nitrogens with zero attached hydrogens (tertiary/aromatic N) is 1. The molecular weight excluding hydrogens is 317 g/mol. The van der Waals surface area contributed by atoms with Gasteiger partial charge in [-0.05, 0) is 24.3 Å². The molecule has 1 aliphatic heterocycles. The quantitative estimate of drug-likeness (QED) is 0.769. The number of hydrogen-bond donors (Lipinski definition) is 2. The minimum atomic E-state index is -4.42. The van der Waals surface area contributed by atoms with E-state index in [4.69, 9.17) is 5.11 Å². The summed E-state index contributed by atoms with van der Waals surface area (Å²) in [5.74, 6) is -1.10. The van der Waals surface area contributed by atoms with E-state index in [2.05, 4.69) is 10.1 Å². The number of ether oxygens (including phenoxy) is 1. The van der Waals surface area contributed by atoms with Gasteiger partial charge in [0, 0.05) is 11.8 Å². The summed E-state index contributed by atoms with van der Waals surface area (Å²) in [6, 6.07) is 5.45. The van der Waals surface area contributed by atoms with Gasteiger partial charge in [-0.15, -0.1) is 0 Å². The van der Waals surface area contributed by atoms with Crippen molar-refractivity contribution >= 4 is 17.5 Å². The lowest BCUT2D eigenvalue weighted by Crippen LogP contribution is -2.34. The van der Waals surface area contributed by atoms with E-state index < -0.39 is 24.6 Å². The number of halogens is 3. The molecule has 0 atom stereocenters. The summed E-state index contributed by atoms with van der Waals surface area (Å²) in [6.45, 7) is -1.85. The average molecular weight is 330 g/mol. The fourth-order valence-corrected chi connectivity index (χ4v) is 1.87. The van der Waals surface area contributed by atoms with Gasteiger partial charge in [0.15, 0.2) is 6.61 Å². The highest BCUT2D eigenvalue weighted by molar-refractivity contribution is 6.17. The first kappa shape index (κ1) is 16.8. The summed E-state index contributed by atoms with van der Waals surface area (Å²) in [4.78, 5) is 24.3. The fraction of sp³-hybridized carbons (Fsp3) is 0.286. The fourth-order valence-electron chi connectivity index (χ4n) is 1.87. The number of nitrogens with one attached hydrogen (secondary N) is 1. The average Bonchev–Trinajstić information content (AvgIpc) is 2.74. The van der Waals surface area contributed by atoms with Crippen molar-refractivity contribution in [3.8, 4) is 5.75 Å². The van der Waals surface area contributed by atoms with Crippen molar-refractivity contribution in [2.24, 2.45) is 0 Å². The molecule has 9 heteroatoms. The first-order valence-corrected chi connectivity index (χ1v) is 6.55. The zero-order chi connectivity index (χ0) is 17.0. The van der Waals surface area contributed by atoms with E-state index in [0.29, 0.717) is 5.69 Å². The maximum absolute atomic E-state index is 12.0. The van der Waals surface area contributed by atoms with Gasteiger partial charge in [0.05, 0.1) is 13.2 Å². The van der Waals surface area contributed by atoms with Gasteiger partial charge in [0.25, 0.3) is 11.8 Å². The summed E-state index contributed by atoms with van der Waals surface area (Å²) in [5.41, 5.74) is 0.426. The molecule has 0 fully saturated rings. The van der Waals surface area contributed by atoms with Crippen molar-refractivity contribution in [3.05, 3.63) is 36.0 Å². The van der Waals surface area contributed by atoms with Crippen LogP contribution in [-0.2, 0) is 9.59 Å².